The summed E-state index contributed by atoms with van der Waals surface area (Å²) >= 11 is 0. The van der Waals surface area contributed by atoms with E-state index in [2.05, 4.69) is 4.74 Å². The fraction of sp³-hybridized carbons (Fsp3) is 0.375. The fourth-order valence-corrected chi connectivity index (χ4v) is 1.18. The summed E-state index contributed by atoms with van der Waals surface area (Å²) in [6.07, 6.45) is -10.5. The van der Waals surface area contributed by atoms with Gasteiger partial charge < -0.3 is 15.5 Å². The number of aromatic nitrogens is 1. The highest BCUT2D eigenvalue weighted by Gasteiger charge is 2.41. The molecule has 0 fully saturated rings. The molecule has 0 atom stereocenters. The first-order valence-electron chi connectivity index (χ1n) is 4.34. The van der Waals surface area contributed by atoms with Gasteiger partial charge in [-0.05, 0) is 0 Å². The van der Waals surface area contributed by atoms with E-state index in [0.717, 1.165) is 0 Å². The Morgan fingerprint density at radius 2 is 1.78 bits per heavy atom. The highest BCUT2D eigenvalue weighted by Crippen LogP contribution is 2.38. The number of alkyl halides is 6. The third-order valence-electron chi connectivity index (χ3n) is 1.79. The smallest absolute Gasteiger partial charge is 0.403 e. The van der Waals surface area contributed by atoms with Crippen molar-refractivity contribution in [1.82, 2.24) is 4.98 Å². The number of ether oxygens (including phenoxy) is 1. The lowest BCUT2D eigenvalue weighted by Crippen LogP contribution is -2.25. The summed E-state index contributed by atoms with van der Waals surface area (Å²) in [7, 11) is 0. The van der Waals surface area contributed by atoms with Crippen LogP contribution in [0.4, 0.5) is 26.3 Å². The molecule has 1 heterocycles. The zero-order chi connectivity index (χ0) is 14.1. The first kappa shape index (κ1) is 14.4. The third-order valence-corrected chi connectivity index (χ3v) is 1.79. The Hall–Kier alpha value is -1.71. The number of halogens is 6. The fourth-order valence-electron chi connectivity index (χ4n) is 1.18. The number of nitrogens with two attached hydrogens (primary N) is 1. The van der Waals surface area contributed by atoms with Crippen molar-refractivity contribution >= 4 is 0 Å². The van der Waals surface area contributed by atoms with Crippen LogP contribution in [0.3, 0.4) is 0 Å². The summed E-state index contributed by atoms with van der Waals surface area (Å²) in [5.41, 5.74) is 1.14. The average Bonchev–Trinajstić information content (AvgIpc) is 2.16. The van der Waals surface area contributed by atoms with Crippen LogP contribution in [0.25, 0.3) is 0 Å². The van der Waals surface area contributed by atoms with Crippen molar-refractivity contribution in [1.29, 1.82) is 0 Å². The standard InChI is InChI=1S/C8H6F6N2O2/c9-7(10,11)6-5(18-8(12,13)14)3(2-15)1-4(17)16-6/h1H,2,15H2,(H,16,17). The normalized spacial score (nSPS) is 12.6. The van der Waals surface area contributed by atoms with Crippen LogP contribution in [0.1, 0.15) is 11.3 Å². The highest BCUT2D eigenvalue weighted by atomic mass is 19.4. The van der Waals surface area contributed by atoms with Crippen molar-refractivity contribution in [2.45, 2.75) is 19.1 Å². The van der Waals surface area contributed by atoms with E-state index in [1.54, 1.807) is 0 Å². The van der Waals surface area contributed by atoms with Crippen LogP contribution in [-0.2, 0) is 12.7 Å². The van der Waals surface area contributed by atoms with Crippen molar-refractivity contribution in [3.8, 4) is 5.75 Å². The molecule has 0 aromatic carbocycles. The summed E-state index contributed by atoms with van der Waals surface area (Å²) in [4.78, 5) is 12.1. The van der Waals surface area contributed by atoms with Gasteiger partial charge in [0, 0.05) is 18.2 Å². The summed E-state index contributed by atoms with van der Waals surface area (Å²) < 4.78 is 76.7. The van der Waals surface area contributed by atoms with Gasteiger partial charge in [0.25, 0.3) is 0 Å². The Balaban J connectivity index is 3.48. The molecule has 0 spiro atoms. The molecule has 102 valence electrons. The van der Waals surface area contributed by atoms with Crippen LogP contribution in [0.15, 0.2) is 10.9 Å². The molecule has 1 aromatic rings. The van der Waals surface area contributed by atoms with Gasteiger partial charge in [-0.15, -0.1) is 13.2 Å². The van der Waals surface area contributed by atoms with Gasteiger partial charge in [-0.25, -0.2) is 0 Å². The molecular formula is C8H6F6N2O2. The molecule has 3 N–H and O–H groups in total. The van der Waals surface area contributed by atoms with Gasteiger partial charge in [-0.1, -0.05) is 0 Å². The molecule has 0 aliphatic heterocycles. The van der Waals surface area contributed by atoms with Gasteiger partial charge in [-0.3, -0.25) is 4.79 Å². The molecule has 0 bridgehead atoms. The molecule has 18 heavy (non-hydrogen) atoms. The topological polar surface area (TPSA) is 68.1 Å². The maximum Gasteiger partial charge on any atom is 0.573 e. The van der Waals surface area contributed by atoms with Crippen LogP contribution < -0.4 is 16.0 Å². The molecule has 4 nitrogen and oxygen atoms in total. The molecule has 0 unspecified atom stereocenters. The molecule has 0 aliphatic rings. The molecule has 1 aromatic heterocycles. The first-order chi connectivity index (χ1) is 8.04. The number of nitrogens with one attached hydrogen (secondary N) is 1. The van der Waals surface area contributed by atoms with Crippen LogP contribution in [-0.4, -0.2) is 11.3 Å². The molecule has 0 aliphatic carbocycles. The van der Waals surface area contributed by atoms with Crippen LogP contribution in [0.2, 0.25) is 0 Å². The quantitative estimate of drug-likeness (QED) is 0.808. The van der Waals surface area contributed by atoms with Gasteiger partial charge in [-0.2, -0.15) is 13.2 Å². The maximum atomic E-state index is 12.5. The second-order valence-corrected chi connectivity index (χ2v) is 3.11. The summed E-state index contributed by atoms with van der Waals surface area (Å²) in [5, 5.41) is 0. The molecule has 1 rings (SSSR count). The number of pyridine rings is 1. The van der Waals surface area contributed by atoms with Gasteiger partial charge >= 0.3 is 12.5 Å². The molecular weight excluding hydrogens is 270 g/mol. The molecule has 0 amide bonds. The number of rotatable bonds is 2. The average molecular weight is 276 g/mol. The van der Waals surface area contributed by atoms with E-state index >= 15 is 0 Å². The predicted molar refractivity (Wildman–Crippen MR) is 46.6 cm³/mol. The summed E-state index contributed by atoms with van der Waals surface area (Å²) in [5.74, 6) is -1.54. The Morgan fingerprint density at radius 1 is 1.22 bits per heavy atom. The van der Waals surface area contributed by atoms with Crippen molar-refractivity contribution in [2.75, 3.05) is 0 Å². The summed E-state index contributed by atoms with van der Waals surface area (Å²) in [6, 6.07) is 0.510. The second kappa shape index (κ2) is 4.52. The summed E-state index contributed by atoms with van der Waals surface area (Å²) in [6.45, 7) is -0.710. The Labute approximate surface area is 95.4 Å². The molecule has 10 heteroatoms. The highest BCUT2D eigenvalue weighted by molar-refractivity contribution is 5.38. The minimum Gasteiger partial charge on any atom is -0.403 e. The number of aromatic amines is 1. The van der Waals surface area contributed by atoms with E-state index in [4.69, 9.17) is 5.73 Å². The lowest BCUT2D eigenvalue weighted by Gasteiger charge is -2.17. The van der Waals surface area contributed by atoms with E-state index < -0.39 is 41.6 Å². The Bertz CT molecular complexity index is 490. The molecule has 0 radical (unpaired) electrons. The predicted octanol–water partition coefficient (Wildman–Crippen LogP) is 1.75. The van der Waals surface area contributed by atoms with Crippen LogP contribution in [0.5, 0.6) is 5.75 Å². The maximum absolute atomic E-state index is 12.5. The monoisotopic (exact) mass is 276 g/mol. The van der Waals surface area contributed by atoms with Crippen LogP contribution >= 0.6 is 0 Å². The third kappa shape index (κ3) is 3.39. The van der Waals surface area contributed by atoms with Gasteiger partial charge in [0.2, 0.25) is 5.56 Å². The number of hydrogen-bond donors (Lipinski definition) is 2. The van der Waals surface area contributed by atoms with E-state index in [1.807, 2.05) is 0 Å². The SMILES string of the molecule is NCc1cc(=O)[nH]c(C(F)(F)F)c1OC(F)(F)F. The molecule has 0 saturated heterocycles. The van der Waals surface area contributed by atoms with E-state index in [1.165, 1.54) is 4.98 Å². The largest absolute Gasteiger partial charge is 0.573 e. The van der Waals surface area contributed by atoms with Gasteiger partial charge in [0.05, 0.1) is 0 Å². The molecule has 0 saturated carbocycles. The Kier molecular flexibility index (Phi) is 3.60. The van der Waals surface area contributed by atoms with Crippen molar-refractivity contribution in [2.24, 2.45) is 5.73 Å². The zero-order valence-electron chi connectivity index (χ0n) is 8.45. The van der Waals surface area contributed by atoms with Crippen LogP contribution in [0, 0.1) is 0 Å². The van der Waals surface area contributed by atoms with Gasteiger partial charge in [0.15, 0.2) is 11.4 Å². The zero-order valence-corrected chi connectivity index (χ0v) is 8.45. The Morgan fingerprint density at radius 3 is 2.17 bits per heavy atom. The number of hydrogen-bond acceptors (Lipinski definition) is 3. The van der Waals surface area contributed by atoms with Crippen molar-refractivity contribution in [3.63, 3.8) is 0 Å². The minimum atomic E-state index is -5.33. The first-order valence-corrected chi connectivity index (χ1v) is 4.34. The number of H-pyrrole nitrogens is 1. The van der Waals surface area contributed by atoms with E-state index in [9.17, 15) is 31.1 Å². The van der Waals surface area contributed by atoms with E-state index in [0.29, 0.717) is 6.07 Å². The van der Waals surface area contributed by atoms with Gasteiger partial charge in [0.1, 0.15) is 0 Å². The minimum absolute atomic E-state index is 0.510. The van der Waals surface area contributed by atoms with Crippen molar-refractivity contribution < 1.29 is 31.1 Å². The van der Waals surface area contributed by atoms with Crippen molar-refractivity contribution in [3.05, 3.63) is 27.7 Å². The lowest BCUT2D eigenvalue weighted by atomic mass is 10.2. The van der Waals surface area contributed by atoms with E-state index in [-0.39, 0.29) is 0 Å². The lowest BCUT2D eigenvalue weighted by molar-refractivity contribution is -0.276. The second-order valence-electron chi connectivity index (χ2n) is 3.11.